The molecule has 21 heavy (non-hydrogen) atoms. The van der Waals surface area contributed by atoms with E-state index in [-0.39, 0.29) is 0 Å². The van der Waals surface area contributed by atoms with Crippen molar-refractivity contribution in [1.82, 2.24) is 0 Å². The Bertz CT molecular complexity index is 606. The maximum absolute atomic E-state index is 5.19. The Morgan fingerprint density at radius 3 is 2.81 bits per heavy atom. The molecule has 0 heterocycles. The number of methoxy groups -OCH3 is 1. The minimum Gasteiger partial charge on any atom is -0.384 e. The summed E-state index contributed by atoms with van der Waals surface area (Å²) in [6, 6.07) is 15.4. The van der Waals surface area contributed by atoms with E-state index in [1.54, 1.807) is 18.2 Å². The Balaban J connectivity index is 1.67. The van der Waals surface area contributed by atoms with Crippen molar-refractivity contribution in [1.29, 1.82) is 0 Å². The smallest absolute Gasteiger partial charge is 0.0503 e. The molecule has 0 radical (unpaired) electrons. The first-order valence-electron chi connectivity index (χ1n) is 7.78. The first kappa shape index (κ1) is 14.2. The molecule has 0 aromatic heterocycles. The van der Waals surface area contributed by atoms with Crippen molar-refractivity contribution < 1.29 is 4.74 Å². The zero-order valence-electron chi connectivity index (χ0n) is 12.7. The number of para-hydroxylation sites is 1. The van der Waals surface area contributed by atoms with Crippen LogP contribution in [0.4, 0.5) is 5.69 Å². The van der Waals surface area contributed by atoms with Crippen molar-refractivity contribution in [3.05, 3.63) is 64.7 Å². The van der Waals surface area contributed by atoms with Gasteiger partial charge in [-0.25, -0.2) is 0 Å². The Hall–Kier alpha value is -1.80. The second-order valence-corrected chi connectivity index (χ2v) is 5.71. The number of hydrogen-bond acceptors (Lipinski definition) is 2. The summed E-state index contributed by atoms with van der Waals surface area (Å²) >= 11 is 0. The quantitative estimate of drug-likeness (QED) is 0.865. The molecular formula is C19H23NO. The number of fused-ring (bicyclic) bond motifs is 1. The van der Waals surface area contributed by atoms with E-state index in [1.807, 2.05) is 0 Å². The SMILES string of the molecule is COCCc1ccccc1NCc1ccc2c(c1)CCC2. The van der Waals surface area contributed by atoms with Gasteiger partial charge in [-0.1, -0.05) is 36.4 Å². The molecule has 2 nitrogen and oxygen atoms in total. The van der Waals surface area contributed by atoms with Crippen molar-refractivity contribution in [3.63, 3.8) is 0 Å². The Morgan fingerprint density at radius 1 is 1.05 bits per heavy atom. The normalized spacial score (nSPS) is 13.2. The van der Waals surface area contributed by atoms with Gasteiger partial charge in [-0.15, -0.1) is 0 Å². The Kier molecular flexibility index (Phi) is 4.56. The topological polar surface area (TPSA) is 21.3 Å². The van der Waals surface area contributed by atoms with Gasteiger partial charge < -0.3 is 10.1 Å². The highest BCUT2D eigenvalue weighted by Gasteiger charge is 2.10. The number of ether oxygens (including phenoxy) is 1. The lowest BCUT2D eigenvalue weighted by molar-refractivity contribution is 0.202. The van der Waals surface area contributed by atoms with Crippen molar-refractivity contribution in [3.8, 4) is 0 Å². The van der Waals surface area contributed by atoms with Crippen LogP contribution in [0.5, 0.6) is 0 Å². The van der Waals surface area contributed by atoms with Gasteiger partial charge in [0.25, 0.3) is 0 Å². The summed E-state index contributed by atoms with van der Waals surface area (Å²) in [4.78, 5) is 0. The number of nitrogens with one attached hydrogen (secondary N) is 1. The third kappa shape index (κ3) is 3.45. The number of anilines is 1. The van der Waals surface area contributed by atoms with E-state index in [4.69, 9.17) is 4.74 Å². The molecule has 2 heteroatoms. The van der Waals surface area contributed by atoms with E-state index in [0.717, 1.165) is 19.6 Å². The van der Waals surface area contributed by atoms with Gasteiger partial charge in [0.05, 0.1) is 6.61 Å². The number of benzene rings is 2. The Morgan fingerprint density at radius 2 is 1.90 bits per heavy atom. The molecule has 1 aliphatic carbocycles. The lowest BCUT2D eigenvalue weighted by Gasteiger charge is -2.12. The summed E-state index contributed by atoms with van der Waals surface area (Å²) in [5.41, 5.74) is 6.99. The molecule has 0 spiro atoms. The number of rotatable bonds is 6. The van der Waals surface area contributed by atoms with E-state index < -0.39 is 0 Å². The van der Waals surface area contributed by atoms with Crippen molar-refractivity contribution >= 4 is 5.69 Å². The van der Waals surface area contributed by atoms with Gasteiger partial charge in [0.15, 0.2) is 0 Å². The van der Waals surface area contributed by atoms with Gasteiger partial charge in [0, 0.05) is 19.3 Å². The van der Waals surface area contributed by atoms with Gasteiger partial charge in [0.2, 0.25) is 0 Å². The largest absolute Gasteiger partial charge is 0.384 e. The fraction of sp³-hybridized carbons (Fsp3) is 0.368. The average molecular weight is 281 g/mol. The van der Waals surface area contributed by atoms with Crippen LogP contribution in [0.3, 0.4) is 0 Å². The molecule has 0 saturated heterocycles. The van der Waals surface area contributed by atoms with Gasteiger partial charge >= 0.3 is 0 Å². The molecule has 0 amide bonds. The monoisotopic (exact) mass is 281 g/mol. The summed E-state index contributed by atoms with van der Waals surface area (Å²) in [6.07, 6.45) is 4.76. The van der Waals surface area contributed by atoms with E-state index in [0.29, 0.717) is 0 Å². The van der Waals surface area contributed by atoms with Crippen LogP contribution in [-0.4, -0.2) is 13.7 Å². The maximum atomic E-state index is 5.19. The molecule has 0 bridgehead atoms. The fourth-order valence-electron chi connectivity index (χ4n) is 3.06. The van der Waals surface area contributed by atoms with Crippen LogP contribution in [0.25, 0.3) is 0 Å². The third-order valence-electron chi connectivity index (χ3n) is 4.24. The summed E-state index contributed by atoms with van der Waals surface area (Å²) in [5, 5.41) is 3.57. The Labute approximate surface area is 127 Å². The molecule has 0 fully saturated rings. The van der Waals surface area contributed by atoms with Crippen molar-refractivity contribution in [2.45, 2.75) is 32.2 Å². The highest BCUT2D eigenvalue weighted by molar-refractivity contribution is 5.51. The van der Waals surface area contributed by atoms with Crippen LogP contribution in [0.15, 0.2) is 42.5 Å². The van der Waals surface area contributed by atoms with Crippen LogP contribution in [0.2, 0.25) is 0 Å². The predicted molar refractivity (Wildman–Crippen MR) is 87.8 cm³/mol. The molecular weight excluding hydrogens is 258 g/mol. The van der Waals surface area contributed by atoms with E-state index in [1.165, 1.54) is 36.1 Å². The minimum atomic E-state index is 0.761. The van der Waals surface area contributed by atoms with Crippen LogP contribution in [-0.2, 0) is 30.5 Å². The van der Waals surface area contributed by atoms with Gasteiger partial charge in [0.1, 0.15) is 0 Å². The molecule has 1 aliphatic rings. The molecule has 0 aliphatic heterocycles. The zero-order chi connectivity index (χ0) is 14.5. The lowest BCUT2D eigenvalue weighted by atomic mass is 10.1. The van der Waals surface area contributed by atoms with Gasteiger partial charge in [-0.2, -0.15) is 0 Å². The van der Waals surface area contributed by atoms with Crippen molar-refractivity contribution in [2.75, 3.05) is 19.0 Å². The van der Waals surface area contributed by atoms with E-state index in [9.17, 15) is 0 Å². The third-order valence-corrected chi connectivity index (χ3v) is 4.24. The lowest BCUT2D eigenvalue weighted by Crippen LogP contribution is -2.04. The van der Waals surface area contributed by atoms with Crippen LogP contribution in [0, 0.1) is 0 Å². The summed E-state index contributed by atoms with van der Waals surface area (Å²) in [5.74, 6) is 0. The summed E-state index contributed by atoms with van der Waals surface area (Å²) < 4.78 is 5.19. The van der Waals surface area contributed by atoms with E-state index >= 15 is 0 Å². The molecule has 3 rings (SSSR count). The molecule has 0 atom stereocenters. The number of aryl methyl sites for hydroxylation is 2. The van der Waals surface area contributed by atoms with Gasteiger partial charge in [-0.05, 0) is 54.0 Å². The van der Waals surface area contributed by atoms with Crippen LogP contribution < -0.4 is 5.32 Å². The molecule has 2 aromatic rings. The molecule has 110 valence electrons. The average Bonchev–Trinajstić information content (AvgIpc) is 2.99. The molecule has 0 unspecified atom stereocenters. The molecule has 1 N–H and O–H groups in total. The second kappa shape index (κ2) is 6.77. The standard InChI is InChI=1S/C19H23NO/c1-21-12-11-17-5-2-3-8-19(17)20-14-15-9-10-16-6-4-7-18(16)13-15/h2-3,5,8-10,13,20H,4,6-7,11-12,14H2,1H3. The fourth-order valence-corrected chi connectivity index (χ4v) is 3.06. The highest BCUT2D eigenvalue weighted by atomic mass is 16.5. The molecule has 0 saturated carbocycles. The van der Waals surface area contributed by atoms with Crippen LogP contribution in [0.1, 0.15) is 28.7 Å². The zero-order valence-corrected chi connectivity index (χ0v) is 12.7. The van der Waals surface area contributed by atoms with Crippen LogP contribution >= 0.6 is 0 Å². The number of hydrogen-bond donors (Lipinski definition) is 1. The molecule has 2 aromatic carbocycles. The first-order chi connectivity index (χ1) is 10.4. The first-order valence-corrected chi connectivity index (χ1v) is 7.78. The minimum absolute atomic E-state index is 0.761. The highest BCUT2D eigenvalue weighted by Crippen LogP contribution is 2.23. The van der Waals surface area contributed by atoms with Gasteiger partial charge in [-0.3, -0.25) is 0 Å². The van der Waals surface area contributed by atoms with Crippen molar-refractivity contribution in [2.24, 2.45) is 0 Å². The van der Waals surface area contributed by atoms with E-state index in [2.05, 4.69) is 47.8 Å². The summed E-state index contributed by atoms with van der Waals surface area (Å²) in [6.45, 7) is 1.65. The predicted octanol–water partition coefficient (Wildman–Crippen LogP) is 3.98. The maximum Gasteiger partial charge on any atom is 0.0503 e. The second-order valence-electron chi connectivity index (χ2n) is 5.71. The summed E-state index contributed by atoms with van der Waals surface area (Å²) in [7, 11) is 1.75.